The Kier molecular flexibility index (Phi) is 4.63. The lowest BCUT2D eigenvalue weighted by Gasteiger charge is -2.10. The highest BCUT2D eigenvalue weighted by Crippen LogP contribution is 2.15. The Morgan fingerprint density at radius 3 is 2.29 bits per heavy atom. The summed E-state index contributed by atoms with van der Waals surface area (Å²) in [5.74, 6) is -0.682. The Labute approximate surface area is 122 Å². The van der Waals surface area contributed by atoms with Crippen molar-refractivity contribution in [2.24, 2.45) is 11.5 Å². The number of carbonyl (C=O) groups excluding carboxylic acids is 2. The number of nitrogens with zero attached hydrogens (tertiary/aromatic N) is 1. The highest BCUT2D eigenvalue weighted by atomic mass is 16.2. The van der Waals surface area contributed by atoms with Crippen molar-refractivity contribution < 1.29 is 9.59 Å². The molecule has 5 N–H and O–H groups in total. The van der Waals surface area contributed by atoms with E-state index >= 15 is 0 Å². The summed E-state index contributed by atoms with van der Waals surface area (Å²) in [6.07, 6.45) is 3.27. The quantitative estimate of drug-likeness (QED) is 0.766. The van der Waals surface area contributed by atoms with Crippen LogP contribution in [-0.4, -0.2) is 16.8 Å². The standard InChI is InChI=1S/C15H16N4O2/c16-13(9-14(17)20)10-1-3-11(4-2-10)15(21)19-12-5-7-18-8-6-12/h1-8,13H,9,16H2,(H2,17,20)(H,18,19,21). The molecule has 1 aromatic carbocycles. The monoisotopic (exact) mass is 284 g/mol. The number of rotatable bonds is 5. The van der Waals surface area contributed by atoms with E-state index in [4.69, 9.17) is 11.5 Å². The Morgan fingerprint density at radius 1 is 1.10 bits per heavy atom. The van der Waals surface area contributed by atoms with E-state index in [9.17, 15) is 9.59 Å². The molecule has 0 fully saturated rings. The molecule has 2 rings (SSSR count). The van der Waals surface area contributed by atoms with Crippen molar-refractivity contribution in [1.82, 2.24) is 4.98 Å². The number of benzene rings is 1. The fraction of sp³-hybridized carbons (Fsp3) is 0.133. The first-order valence-electron chi connectivity index (χ1n) is 6.41. The molecule has 0 saturated carbocycles. The molecule has 0 bridgehead atoms. The highest BCUT2D eigenvalue weighted by molar-refractivity contribution is 6.04. The molecule has 2 amide bonds. The first-order valence-corrected chi connectivity index (χ1v) is 6.41. The van der Waals surface area contributed by atoms with Crippen LogP contribution in [0.15, 0.2) is 48.8 Å². The first kappa shape index (κ1) is 14.7. The lowest BCUT2D eigenvalue weighted by molar-refractivity contribution is -0.118. The van der Waals surface area contributed by atoms with Gasteiger partial charge in [0.2, 0.25) is 5.91 Å². The van der Waals surface area contributed by atoms with E-state index in [-0.39, 0.29) is 12.3 Å². The first-order chi connectivity index (χ1) is 10.1. The van der Waals surface area contributed by atoms with E-state index in [1.165, 1.54) is 0 Å². The summed E-state index contributed by atoms with van der Waals surface area (Å²) in [5, 5.41) is 2.75. The minimum absolute atomic E-state index is 0.0720. The lowest BCUT2D eigenvalue weighted by Crippen LogP contribution is -2.20. The van der Waals surface area contributed by atoms with Gasteiger partial charge in [-0.2, -0.15) is 0 Å². The maximum absolute atomic E-state index is 12.0. The molecule has 1 atom stereocenters. The third-order valence-electron chi connectivity index (χ3n) is 2.96. The molecule has 1 aromatic heterocycles. The zero-order valence-corrected chi connectivity index (χ0v) is 11.3. The van der Waals surface area contributed by atoms with Gasteiger partial charge in [-0.1, -0.05) is 12.1 Å². The summed E-state index contributed by atoms with van der Waals surface area (Å²) >= 11 is 0. The highest BCUT2D eigenvalue weighted by Gasteiger charge is 2.11. The van der Waals surface area contributed by atoms with Crippen molar-refractivity contribution in [1.29, 1.82) is 0 Å². The molecule has 2 aromatic rings. The number of amides is 2. The Balaban J connectivity index is 2.05. The SMILES string of the molecule is NC(=O)CC(N)c1ccc(C(=O)Nc2ccncc2)cc1. The number of anilines is 1. The zero-order valence-electron chi connectivity index (χ0n) is 11.3. The number of primary amides is 1. The van der Waals surface area contributed by atoms with Crippen LogP contribution in [0.1, 0.15) is 28.4 Å². The number of nitrogens with one attached hydrogen (secondary N) is 1. The van der Waals surface area contributed by atoms with E-state index in [1.54, 1.807) is 48.8 Å². The summed E-state index contributed by atoms with van der Waals surface area (Å²) < 4.78 is 0. The van der Waals surface area contributed by atoms with Gasteiger partial charge in [0.15, 0.2) is 0 Å². The van der Waals surface area contributed by atoms with Crippen molar-refractivity contribution in [3.63, 3.8) is 0 Å². The van der Waals surface area contributed by atoms with Gasteiger partial charge >= 0.3 is 0 Å². The van der Waals surface area contributed by atoms with Crippen molar-refractivity contribution in [2.75, 3.05) is 5.32 Å². The molecule has 21 heavy (non-hydrogen) atoms. The Bertz CT molecular complexity index is 626. The molecule has 6 heteroatoms. The number of nitrogens with two attached hydrogens (primary N) is 2. The second-order valence-electron chi connectivity index (χ2n) is 4.59. The van der Waals surface area contributed by atoms with Crippen LogP contribution in [0.4, 0.5) is 5.69 Å². The minimum atomic E-state index is -0.459. The summed E-state index contributed by atoms with van der Waals surface area (Å²) in [5.41, 5.74) is 12.9. The average molecular weight is 284 g/mol. The molecule has 108 valence electrons. The molecule has 0 spiro atoms. The largest absolute Gasteiger partial charge is 0.370 e. The summed E-state index contributed by atoms with van der Waals surface area (Å²) in [4.78, 5) is 26.7. The van der Waals surface area contributed by atoms with Crippen LogP contribution in [0.3, 0.4) is 0 Å². The maximum Gasteiger partial charge on any atom is 0.255 e. The van der Waals surface area contributed by atoms with E-state index in [0.717, 1.165) is 5.56 Å². The van der Waals surface area contributed by atoms with Crippen molar-refractivity contribution in [3.05, 3.63) is 59.9 Å². The average Bonchev–Trinajstić information content (AvgIpc) is 2.47. The third kappa shape index (κ3) is 4.12. The van der Waals surface area contributed by atoms with E-state index in [2.05, 4.69) is 10.3 Å². The van der Waals surface area contributed by atoms with Crippen LogP contribution in [-0.2, 0) is 4.79 Å². The number of pyridine rings is 1. The molecule has 0 aliphatic heterocycles. The molecule has 0 saturated heterocycles. The predicted molar refractivity (Wildman–Crippen MR) is 79.4 cm³/mol. The topological polar surface area (TPSA) is 111 Å². The van der Waals surface area contributed by atoms with Gasteiger partial charge in [0.05, 0.1) is 0 Å². The van der Waals surface area contributed by atoms with Crippen molar-refractivity contribution in [3.8, 4) is 0 Å². The lowest BCUT2D eigenvalue weighted by atomic mass is 10.0. The number of hydrogen-bond donors (Lipinski definition) is 3. The molecule has 0 aliphatic carbocycles. The molecule has 0 aliphatic rings. The molecule has 1 unspecified atom stereocenters. The van der Waals surface area contributed by atoms with Crippen LogP contribution in [0.25, 0.3) is 0 Å². The summed E-state index contributed by atoms with van der Waals surface area (Å²) in [6, 6.07) is 9.70. The fourth-order valence-corrected chi connectivity index (χ4v) is 1.85. The van der Waals surface area contributed by atoms with E-state index in [0.29, 0.717) is 11.3 Å². The molecule has 1 heterocycles. The van der Waals surface area contributed by atoms with Crippen LogP contribution >= 0.6 is 0 Å². The summed E-state index contributed by atoms with van der Waals surface area (Å²) in [6.45, 7) is 0. The van der Waals surface area contributed by atoms with Crippen molar-refractivity contribution >= 4 is 17.5 Å². The second-order valence-corrected chi connectivity index (χ2v) is 4.59. The van der Waals surface area contributed by atoms with Crippen LogP contribution < -0.4 is 16.8 Å². The molecular weight excluding hydrogens is 268 g/mol. The Hall–Kier alpha value is -2.73. The van der Waals surface area contributed by atoms with Gasteiger partial charge in [-0.05, 0) is 29.8 Å². The predicted octanol–water partition coefficient (Wildman–Crippen LogP) is 1.21. The molecule has 6 nitrogen and oxygen atoms in total. The fourth-order valence-electron chi connectivity index (χ4n) is 1.85. The second kappa shape index (κ2) is 6.62. The van der Waals surface area contributed by atoms with E-state index in [1.807, 2.05) is 0 Å². The number of aromatic nitrogens is 1. The Morgan fingerprint density at radius 2 is 1.71 bits per heavy atom. The van der Waals surface area contributed by atoms with Crippen LogP contribution in [0.5, 0.6) is 0 Å². The minimum Gasteiger partial charge on any atom is -0.370 e. The summed E-state index contributed by atoms with van der Waals surface area (Å²) in [7, 11) is 0. The van der Waals surface area contributed by atoms with Crippen LogP contribution in [0, 0.1) is 0 Å². The van der Waals surface area contributed by atoms with Gasteiger partial charge in [0.1, 0.15) is 0 Å². The molecular formula is C15H16N4O2. The van der Waals surface area contributed by atoms with Crippen LogP contribution in [0.2, 0.25) is 0 Å². The van der Waals surface area contributed by atoms with Gasteiger partial charge in [-0.3, -0.25) is 14.6 Å². The van der Waals surface area contributed by atoms with Gasteiger partial charge < -0.3 is 16.8 Å². The third-order valence-corrected chi connectivity index (χ3v) is 2.96. The van der Waals surface area contributed by atoms with Gasteiger partial charge in [0.25, 0.3) is 5.91 Å². The zero-order chi connectivity index (χ0) is 15.2. The van der Waals surface area contributed by atoms with Crippen molar-refractivity contribution in [2.45, 2.75) is 12.5 Å². The van der Waals surface area contributed by atoms with Gasteiger partial charge in [0, 0.05) is 36.1 Å². The van der Waals surface area contributed by atoms with Gasteiger partial charge in [-0.25, -0.2) is 0 Å². The number of carbonyl (C=O) groups is 2. The maximum atomic E-state index is 12.0. The smallest absolute Gasteiger partial charge is 0.255 e. The van der Waals surface area contributed by atoms with E-state index < -0.39 is 11.9 Å². The normalized spacial score (nSPS) is 11.7. The van der Waals surface area contributed by atoms with Gasteiger partial charge in [-0.15, -0.1) is 0 Å². The molecule has 0 radical (unpaired) electrons. The number of hydrogen-bond acceptors (Lipinski definition) is 4.